The van der Waals surface area contributed by atoms with Gasteiger partial charge in [-0.05, 0) is 57.1 Å². The van der Waals surface area contributed by atoms with Crippen molar-refractivity contribution in [1.82, 2.24) is 14.5 Å². The lowest BCUT2D eigenvalue weighted by atomic mass is 10.1. The van der Waals surface area contributed by atoms with Gasteiger partial charge >= 0.3 is 0 Å². The van der Waals surface area contributed by atoms with Gasteiger partial charge in [0.15, 0.2) is 0 Å². The molecule has 1 fully saturated rings. The van der Waals surface area contributed by atoms with E-state index in [4.69, 9.17) is 4.74 Å². The molecule has 0 aliphatic carbocycles. The first kappa shape index (κ1) is 23.2. The summed E-state index contributed by atoms with van der Waals surface area (Å²) in [6, 6.07) is 12.3. The van der Waals surface area contributed by atoms with Crippen molar-refractivity contribution < 1.29 is 17.9 Å². The second kappa shape index (κ2) is 9.80. The summed E-state index contributed by atoms with van der Waals surface area (Å²) in [6.45, 7) is 8.16. The molecule has 0 radical (unpaired) electrons. The van der Waals surface area contributed by atoms with E-state index in [-0.39, 0.29) is 16.8 Å². The lowest BCUT2D eigenvalue weighted by Crippen LogP contribution is -2.47. The predicted octanol–water partition coefficient (Wildman–Crippen LogP) is 2.44. The molecule has 0 bridgehead atoms. The van der Waals surface area contributed by atoms with Gasteiger partial charge < -0.3 is 15.0 Å². The van der Waals surface area contributed by atoms with Crippen molar-refractivity contribution in [3.8, 4) is 5.75 Å². The monoisotopic (exact) mass is 445 g/mol. The zero-order valence-electron chi connectivity index (χ0n) is 18.6. The third-order valence-corrected chi connectivity index (χ3v) is 7.53. The number of carbonyl (C=O) groups excluding carboxylic acids is 1. The predicted molar refractivity (Wildman–Crippen MR) is 121 cm³/mol. The molecule has 0 unspecified atom stereocenters. The smallest absolute Gasteiger partial charge is 0.251 e. The Morgan fingerprint density at radius 1 is 1.06 bits per heavy atom. The highest BCUT2D eigenvalue weighted by Gasteiger charge is 2.29. The molecule has 0 aromatic heterocycles. The summed E-state index contributed by atoms with van der Waals surface area (Å²) in [4.78, 5) is 15.1. The van der Waals surface area contributed by atoms with Crippen LogP contribution < -0.4 is 10.1 Å². The Balaban J connectivity index is 1.68. The number of aryl methyl sites for hydroxylation is 2. The number of sulfonamides is 1. The minimum absolute atomic E-state index is 0.188. The third kappa shape index (κ3) is 5.64. The SMILES string of the molecule is Cc1ccccc1OC[C@H](C)NC(=O)c1ccc(C)c(S(=O)(=O)N2CCN(C)CC2)c1. The quantitative estimate of drug-likeness (QED) is 0.708. The summed E-state index contributed by atoms with van der Waals surface area (Å²) in [6.07, 6.45) is 0. The third-order valence-electron chi connectivity index (χ3n) is 5.49. The van der Waals surface area contributed by atoms with Crippen molar-refractivity contribution in [3.63, 3.8) is 0 Å². The minimum Gasteiger partial charge on any atom is -0.491 e. The van der Waals surface area contributed by atoms with E-state index in [2.05, 4.69) is 10.2 Å². The molecule has 1 aliphatic heterocycles. The second-order valence-electron chi connectivity index (χ2n) is 8.14. The van der Waals surface area contributed by atoms with Crippen LogP contribution in [0.3, 0.4) is 0 Å². The maximum atomic E-state index is 13.2. The van der Waals surface area contributed by atoms with Crippen LogP contribution in [-0.4, -0.2) is 69.4 Å². The Hall–Kier alpha value is -2.42. The van der Waals surface area contributed by atoms with Crippen molar-refractivity contribution in [2.24, 2.45) is 0 Å². The summed E-state index contributed by atoms with van der Waals surface area (Å²) >= 11 is 0. The molecule has 8 heteroatoms. The van der Waals surface area contributed by atoms with Crippen molar-refractivity contribution in [2.45, 2.75) is 31.7 Å². The molecule has 0 saturated carbocycles. The highest BCUT2D eigenvalue weighted by molar-refractivity contribution is 7.89. The van der Waals surface area contributed by atoms with E-state index in [1.165, 1.54) is 10.4 Å². The van der Waals surface area contributed by atoms with Gasteiger partial charge in [0.2, 0.25) is 10.0 Å². The van der Waals surface area contributed by atoms with Crippen LogP contribution in [0.1, 0.15) is 28.4 Å². The first-order valence-corrected chi connectivity index (χ1v) is 11.9. The lowest BCUT2D eigenvalue weighted by Gasteiger charge is -2.32. The number of benzene rings is 2. The van der Waals surface area contributed by atoms with Gasteiger partial charge in [0.05, 0.1) is 10.9 Å². The zero-order valence-corrected chi connectivity index (χ0v) is 19.4. The molecule has 1 saturated heterocycles. The summed E-state index contributed by atoms with van der Waals surface area (Å²) in [5.41, 5.74) is 1.98. The number of nitrogens with zero attached hydrogens (tertiary/aromatic N) is 2. The number of para-hydroxylation sites is 1. The Morgan fingerprint density at radius 2 is 1.74 bits per heavy atom. The lowest BCUT2D eigenvalue weighted by molar-refractivity contribution is 0.0926. The average molecular weight is 446 g/mol. The van der Waals surface area contributed by atoms with E-state index < -0.39 is 10.0 Å². The Bertz CT molecular complexity index is 1030. The molecule has 2 aromatic rings. The number of rotatable bonds is 7. The van der Waals surface area contributed by atoms with Gasteiger partial charge in [0.1, 0.15) is 12.4 Å². The van der Waals surface area contributed by atoms with Crippen molar-refractivity contribution in [2.75, 3.05) is 39.8 Å². The topological polar surface area (TPSA) is 78.9 Å². The molecule has 1 amide bonds. The minimum atomic E-state index is -3.65. The van der Waals surface area contributed by atoms with E-state index >= 15 is 0 Å². The zero-order chi connectivity index (χ0) is 22.6. The highest BCUT2D eigenvalue weighted by atomic mass is 32.2. The van der Waals surface area contributed by atoms with E-state index in [0.29, 0.717) is 43.9 Å². The van der Waals surface area contributed by atoms with Gasteiger partial charge in [0.25, 0.3) is 5.91 Å². The summed E-state index contributed by atoms with van der Waals surface area (Å²) in [5, 5.41) is 2.89. The van der Waals surface area contributed by atoms with E-state index in [9.17, 15) is 13.2 Å². The molecule has 1 aliphatic rings. The Labute approximate surface area is 185 Å². The first-order chi connectivity index (χ1) is 14.7. The summed E-state index contributed by atoms with van der Waals surface area (Å²) in [7, 11) is -1.67. The molecule has 168 valence electrons. The van der Waals surface area contributed by atoms with Gasteiger partial charge in [-0.1, -0.05) is 24.3 Å². The van der Waals surface area contributed by atoms with Crippen LogP contribution in [0.25, 0.3) is 0 Å². The largest absolute Gasteiger partial charge is 0.491 e. The Kier molecular flexibility index (Phi) is 7.35. The van der Waals surface area contributed by atoms with E-state index in [1.807, 2.05) is 45.2 Å². The molecule has 1 atom stereocenters. The number of likely N-dealkylation sites (N-methyl/N-ethyl adjacent to an activating group) is 1. The maximum Gasteiger partial charge on any atom is 0.251 e. The summed E-state index contributed by atoms with van der Waals surface area (Å²) in [5.74, 6) is 0.454. The number of nitrogens with one attached hydrogen (secondary N) is 1. The van der Waals surface area contributed by atoms with Crippen LogP contribution in [-0.2, 0) is 10.0 Å². The molecule has 1 N–H and O–H groups in total. The molecule has 0 spiro atoms. The molecule has 31 heavy (non-hydrogen) atoms. The molecule has 7 nitrogen and oxygen atoms in total. The normalized spacial score (nSPS) is 16.6. The fourth-order valence-corrected chi connectivity index (χ4v) is 5.14. The Morgan fingerprint density at radius 3 is 2.42 bits per heavy atom. The molecular weight excluding hydrogens is 414 g/mol. The number of hydrogen-bond donors (Lipinski definition) is 1. The van der Waals surface area contributed by atoms with Crippen LogP contribution >= 0.6 is 0 Å². The van der Waals surface area contributed by atoms with Crippen molar-refractivity contribution in [3.05, 3.63) is 59.2 Å². The second-order valence-corrected chi connectivity index (χ2v) is 10.0. The summed E-state index contributed by atoms with van der Waals surface area (Å²) < 4.78 is 33.6. The molecular formula is C23H31N3O4S. The van der Waals surface area contributed by atoms with Crippen molar-refractivity contribution in [1.29, 1.82) is 0 Å². The number of carbonyl (C=O) groups is 1. The van der Waals surface area contributed by atoms with Gasteiger partial charge in [-0.25, -0.2) is 8.42 Å². The average Bonchev–Trinajstić information content (AvgIpc) is 2.73. The van der Waals surface area contributed by atoms with E-state index in [0.717, 1.165) is 11.3 Å². The fourth-order valence-electron chi connectivity index (χ4n) is 3.47. The van der Waals surface area contributed by atoms with Gasteiger partial charge in [-0.2, -0.15) is 4.31 Å². The van der Waals surface area contributed by atoms with Crippen molar-refractivity contribution >= 4 is 15.9 Å². The molecule has 3 rings (SSSR count). The van der Waals surface area contributed by atoms with Crippen LogP contribution in [0.5, 0.6) is 5.75 Å². The number of ether oxygens (including phenoxy) is 1. The van der Waals surface area contributed by atoms with Gasteiger partial charge in [0, 0.05) is 31.7 Å². The molecule has 2 aromatic carbocycles. The van der Waals surface area contributed by atoms with E-state index in [1.54, 1.807) is 19.1 Å². The highest BCUT2D eigenvalue weighted by Crippen LogP contribution is 2.23. The number of hydrogen-bond acceptors (Lipinski definition) is 5. The van der Waals surface area contributed by atoms with Crippen LogP contribution in [0, 0.1) is 13.8 Å². The van der Waals surface area contributed by atoms with Gasteiger partial charge in [-0.15, -0.1) is 0 Å². The molecule has 1 heterocycles. The fraction of sp³-hybridized carbons (Fsp3) is 0.435. The number of amides is 1. The van der Waals surface area contributed by atoms with Crippen LogP contribution in [0.2, 0.25) is 0 Å². The first-order valence-electron chi connectivity index (χ1n) is 10.5. The standard InChI is InChI=1S/C23H31N3O4S/c1-17-7-5-6-8-21(17)30-16-19(3)24-23(27)20-10-9-18(2)22(15-20)31(28,29)26-13-11-25(4)12-14-26/h5-10,15,19H,11-14,16H2,1-4H3,(H,24,27)/t19-/m0/s1. The number of piperazine rings is 1. The maximum absolute atomic E-state index is 13.2. The van der Waals surface area contributed by atoms with Crippen LogP contribution in [0.15, 0.2) is 47.4 Å². The van der Waals surface area contributed by atoms with Gasteiger partial charge in [-0.3, -0.25) is 4.79 Å². The van der Waals surface area contributed by atoms with Crippen LogP contribution in [0.4, 0.5) is 0 Å².